The molecule has 0 radical (unpaired) electrons. The first-order valence-corrected chi connectivity index (χ1v) is 5.09. The van der Waals surface area contributed by atoms with Crippen LogP contribution in [0.5, 0.6) is 0 Å². The molecule has 0 fully saturated rings. The van der Waals surface area contributed by atoms with Crippen molar-refractivity contribution in [3.05, 3.63) is 0 Å². The Morgan fingerprint density at radius 3 is 1.00 bits per heavy atom. The number of hydrogen-bond acceptors (Lipinski definition) is 0. The Morgan fingerprint density at radius 1 is 1.00 bits per heavy atom. The Balaban J connectivity index is -0.00000000200. The van der Waals surface area contributed by atoms with Gasteiger partial charge in [0.05, 0.1) is 0 Å². The first-order valence-electron chi connectivity index (χ1n) is 1.21. The molecule has 0 saturated carbocycles. The van der Waals surface area contributed by atoms with E-state index < -0.39 is 0 Å². The number of rotatable bonds is 0. The van der Waals surface area contributed by atoms with Gasteiger partial charge in [0.25, 0.3) is 0 Å². The van der Waals surface area contributed by atoms with Gasteiger partial charge in [0.1, 0.15) is 0 Å². The second-order valence-corrected chi connectivity index (χ2v) is 4.39. The summed E-state index contributed by atoms with van der Waals surface area (Å²) in [6, 6.07) is 0. The fourth-order valence-corrected chi connectivity index (χ4v) is 0. The summed E-state index contributed by atoms with van der Waals surface area (Å²) in [7, 11) is 0. The molecule has 0 aliphatic rings. The molecule has 0 atom stereocenters. The van der Waals surface area contributed by atoms with Crippen molar-refractivity contribution in [3.63, 3.8) is 0 Å². The molecule has 0 aliphatic carbocycles. The maximum absolute atomic E-state index is 2.21. The van der Waals surface area contributed by atoms with E-state index in [9.17, 15) is 0 Å². The maximum atomic E-state index is 2.21. The van der Waals surface area contributed by atoms with Crippen LogP contribution in [-0.2, 0) is 26.1 Å². The van der Waals surface area contributed by atoms with Gasteiger partial charge in [-0.1, -0.05) is 0 Å². The van der Waals surface area contributed by atoms with E-state index in [0.717, 1.165) is 26.1 Å². The maximum Gasteiger partial charge on any atom is -0.147 e. The van der Waals surface area contributed by atoms with Crippen molar-refractivity contribution in [2.24, 2.45) is 0 Å². The molecule has 8 N–H and O–H groups in total. The molecule has 0 aromatic rings. The molecular formula is C2H14ClHgO4. The molecule has 0 amide bonds. The topological polar surface area (TPSA) is 126 Å². The van der Waals surface area contributed by atoms with Crippen LogP contribution in [0.1, 0.15) is 6.92 Å². The van der Waals surface area contributed by atoms with Gasteiger partial charge < -0.3 is 21.9 Å². The van der Waals surface area contributed by atoms with Gasteiger partial charge in [-0.3, -0.25) is 0 Å². The molecule has 0 aliphatic heterocycles. The van der Waals surface area contributed by atoms with Gasteiger partial charge in [-0.2, -0.15) is 0 Å². The third-order valence-electron chi connectivity index (χ3n) is 0. The smallest absolute Gasteiger partial charge is 0.147 e. The SMILES string of the molecule is C[CH2][Hg].Cl.O.O.O.O. The Morgan fingerprint density at radius 2 is 1.00 bits per heavy atom. The van der Waals surface area contributed by atoms with E-state index in [4.69, 9.17) is 0 Å². The summed E-state index contributed by atoms with van der Waals surface area (Å²) in [5, 5.41) is 0. The van der Waals surface area contributed by atoms with Crippen molar-refractivity contribution < 1.29 is 48.0 Å². The normalized spacial score (nSPS) is 2.38. The minimum Gasteiger partial charge on any atom is -0.412 e. The Bertz CT molecular complexity index is 14.0. The van der Waals surface area contributed by atoms with Crippen LogP contribution in [0.2, 0.25) is 3.93 Å². The zero-order valence-electron chi connectivity index (χ0n) is 4.82. The third-order valence-corrected chi connectivity index (χ3v) is 0. The molecule has 0 saturated heterocycles. The number of halogens is 1. The van der Waals surface area contributed by atoms with E-state index in [1.54, 1.807) is 0 Å². The van der Waals surface area contributed by atoms with Crippen molar-refractivity contribution in [2.75, 3.05) is 0 Å². The van der Waals surface area contributed by atoms with Crippen molar-refractivity contribution in [2.45, 2.75) is 10.9 Å². The second kappa shape index (κ2) is 94.4. The van der Waals surface area contributed by atoms with Crippen LogP contribution in [0.25, 0.3) is 0 Å². The van der Waals surface area contributed by atoms with Gasteiger partial charge in [-0.15, -0.1) is 12.4 Å². The van der Waals surface area contributed by atoms with E-state index in [1.165, 1.54) is 3.93 Å². The Labute approximate surface area is 71.3 Å². The minimum absolute atomic E-state index is 0. The molecule has 0 bridgehead atoms. The van der Waals surface area contributed by atoms with E-state index >= 15 is 0 Å². The van der Waals surface area contributed by atoms with E-state index in [0.29, 0.717) is 0 Å². The molecular weight excluding hydrogens is 324 g/mol. The van der Waals surface area contributed by atoms with Gasteiger partial charge in [-0.25, -0.2) is 0 Å². The van der Waals surface area contributed by atoms with Crippen molar-refractivity contribution in [3.8, 4) is 0 Å². The van der Waals surface area contributed by atoms with E-state index in [1.807, 2.05) is 0 Å². The minimum atomic E-state index is 0. The predicted octanol–water partition coefficient (Wildman–Crippen LogP) is -1.91. The van der Waals surface area contributed by atoms with Crippen LogP contribution >= 0.6 is 12.4 Å². The largest absolute Gasteiger partial charge is 0.412 e. The Hall–Kier alpha value is 1.07. The monoisotopic (exact) mass is 339 g/mol. The molecule has 55 valence electrons. The zero-order chi connectivity index (χ0) is 2.71. The standard InChI is InChI=1S/C2H5.ClH.Hg.4H2O/c1-2;;;;;;/h1H2,2H3;1H;;4*1H2. The van der Waals surface area contributed by atoms with E-state index in [-0.39, 0.29) is 34.3 Å². The second-order valence-electron chi connectivity index (χ2n) is 0.500. The fourth-order valence-electron chi connectivity index (χ4n) is 0. The summed E-state index contributed by atoms with van der Waals surface area (Å²) in [6.45, 7) is 2.21. The summed E-state index contributed by atoms with van der Waals surface area (Å²) in [4.78, 5) is 0. The van der Waals surface area contributed by atoms with Crippen LogP contribution < -0.4 is 0 Å². The van der Waals surface area contributed by atoms with Crippen molar-refractivity contribution in [1.29, 1.82) is 0 Å². The molecule has 0 spiro atoms. The van der Waals surface area contributed by atoms with Gasteiger partial charge >= 0.3 is 37.0 Å². The molecule has 4 nitrogen and oxygen atoms in total. The summed E-state index contributed by atoms with van der Waals surface area (Å²) in [6.07, 6.45) is 0. The van der Waals surface area contributed by atoms with Crippen molar-refractivity contribution >= 4 is 12.4 Å². The van der Waals surface area contributed by atoms with Gasteiger partial charge in [0.15, 0.2) is 0 Å². The van der Waals surface area contributed by atoms with Crippen LogP contribution in [0.3, 0.4) is 0 Å². The van der Waals surface area contributed by atoms with Crippen LogP contribution in [0, 0.1) is 0 Å². The molecule has 0 aromatic heterocycles. The summed E-state index contributed by atoms with van der Waals surface area (Å²) >= 11 is 1.07. The van der Waals surface area contributed by atoms with Crippen LogP contribution in [0.15, 0.2) is 0 Å². The average molecular weight is 338 g/mol. The molecule has 0 heterocycles. The van der Waals surface area contributed by atoms with Crippen molar-refractivity contribution in [1.82, 2.24) is 0 Å². The molecule has 6 heteroatoms. The van der Waals surface area contributed by atoms with Crippen LogP contribution in [0.4, 0.5) is 0 Å². The Kier molecular flexibility index (Phi) is 741. The quantitative estimate of drug-likeness (QED) is 0.457. The average Bonchev–Trinajstić information content (AvgIpc) is 0.918. The third kappa shape index (κ3) is 229. The first kappa shape index (κ1) is 62.8. The fraction of sp³-hybridized carbons (Fsp3) is 1.00. The van der Waals surface area contributed by atoms with Gasteiger partial charge in [0, 0.05) is 0 Å². The van der Waals surface area contributed by atoms with Crippen LogP contribution in [-0.4, -0.2) is 21.9 Å². The summed E-state index contributed by atoms with van der Waals surface area (Å²) in [5.74, 6) is 0. The summed E-state index contributed by atoms with van der Waals surface area (Å²) < 4.78 is 1.44. The molecule has 0 aromatic carbocycles. The molecule has 8 heavy (non-hydrogen) atoms. The predicted molar refractivity (Wildman–Crippen MR) is 32.2 cm³/mol. The first-order chi connectivity index (χ1) is 1.41. The van der Waals surface area contributed by atoms with Gasteiger partial charge in [-0.05, 0) is 0 Å². The molecule has 0 rings (SSSR count). The number of hydrogen-bond donors (Lipinski definition) is 0. The van der Waals surface area contributed by atoms with Gasteiger partial charge in [0.2, 0.25) is 0 Å². The summed E-state index contributed by atoms with van der Waals surface area (Å²) in [5.41, 5.74) is 0. The van der Waals surface area contributed by atoms with E-state index in [2.05, 4.69) is 6.92 Å². The molecule has 0 unspecified atom stereocenters. The zero-order valence-corrected chi connectivity index (χ0v) is 11.1.